The van der Waals surface area contributed by atoms with E-state index in [1.165, 1.54) is 29.5 Å². The summed E-state index contributed by atoms with van der Waals surface area (Å²) >= 11 is 5.02. The number of halogens is 1. The lowest BCUT2D eigenvalue weighted by Crippen LogP contribution is -2.27. The lowest BCUT2D eigenvalue weighted by Gasteiger charge is -2.27. The Bertz CT molecular complexity index is 1140. The molecule has 1 unspecified atom stereocenters. The van der Waals surface area contributed by atoms with Crippen LogP contribution in [-0.2, 0) is 6.61 Å². The quantitative estimate of drug-likeness (QED) is 0.264. The van der Waals surface area contributed by atoms with E-state index >= 15 is 0 Å². The second-order valence-electron chi connectivity index (χ2n) is 8.99. The number of benzene rings is 3. The average molecular weight is 573 g/mol. The van der Waals surface area contributed by atoms with Gasteiger partial charge in [0.2, 0.25) is 0 Å². The van der Waals surface area contributed by atoms with Gasteiger partial charge < -0.3 is 19.7 Å². The summed E-state index contributed by atoms with van der Waals surface area (Å²) in [5.41, 5.74) is 5.65. The van der Waals surface area contributed by atoms with Gasteiger partial charge in [-0.15, -0.1) is 0 Å². The molecule has 0 amide bonds. The molecule has 1 heterocycles. The Labute approximate surface area is 229 Å². The summed E-state index contributed by atoms with van der Waals surface area (Å²) in [4.78, 5) is 3.25. The van der Waals surface area contributed by atoms with Gasteiger partial charge in [0, 0.05) is 16.6 Å². The van der Waals surface area contributed by atoms with Crippen molar-refractivity contribution in [3.8, 4) is 11.5 Å². The Hall–Kier alpha value is -2.35. The molecule has 1 aliphatic rings. The topological polar surface area (TPSA) is 59.8 Å². The van der Waals surface area contributed by atoms with Crippen LogP contribution in [0.5, 0.6) is 11.5 Å². The van der Waals surface area contributed by atoms with Gasteiger partial charge in [0.1, 0.15) is 30.0 Å². The molecule has 36 heavy (non-hydrogen) atoms. The Balaban J connectivity index is 0.00000115. The fourth-order valence-electron chi connectivity index (χ4n) is 4.19. The van der Waals surface area contributed by atoms with Crippen LogP contribution in [0.3, 0.4) is 0 Å². The van der Waals surface area contributed by atoms with E-state index in [-0.39, 0.29) is 6.17 Å². The Kier molecular flexibility index (Phi) is 10.4. The van der Waals surface area contributed by atoms with Gasteiger partial charge in [-0.2, -0.15) is 0 Å². The van der Waals surface area contributed by atoms with E-state index in [1.807, 2.05) is 24.3 Å². The van der Waals surface area contributed by atoms with E-state index in [9.17, 15) is 0 Å². The molecule has 3 aromatic rings. The molecular formula is C29H38BrN3O2S. The molecule has 194 valence electrons. The summed E-state index contributed by atoms with van der Waals surface area (Å²) in [5.74, 6) is 2.10. The van der Waals surface area contributed by atoms with Gasteiger partial charge in [0.15, 0.2) is 0 Å². The molecule has 1 atom stereocenters. The molecule has 3 N–H and O–H groups in total. The van der Waals surface area contributed by atoms with Gasteiger partial charge in [0.05, 0.1) is 17.7 Å². The summed E-state index contributed by atoms with van der Waals surface area (Å²) in [6.07, 6.45) is 1.28. The zero-order valence-electron chi connectivity index (χ0n) is 22.1. The van der Waals surface area contributed by atoms with Crippen LogP contribution < -0.4 is 24.8 Å². The molecule has 0 bridgehead atoms. The fraction of sp³-hybridized carbons (Fsp3) is 0.379. The first kappa shape index (κ1) is 28.2. The Morgan fingerprint density at radius 3 is 2.31 bits per heavy atom. The maximum atomic E-state index is 6.13. The summed E-state index contributed by atoms with van der Waals surface area (Å²) in [6.45, 7) is 12.1. The molecular weight excluding hydrogens is 534 g/mol. The second kappa shape index (κ2) is 13.3. The zero-order valence-corrected chi connectivity index (χ0v) is 24.5. The van der Waals surface area contributed by atoms with Crippen molar-refractivity contribution in [1.29, 1.82) is 0 Å². The number of rotatable bonds is 8. The van der Waals surface area contributed by atoms with Gasteiger partial charge in [0.25, 0.3) is 0 Å². The number of anilines is 2. The van der Waals surface area contributed by atoms with Crippen molar-refractivity contribution in [2.45, 2.75) is 64.6 Å². The highest BCUT2D eigenvalue weighted by Crippen LogP contribution is 2.51. The van der Waals surface area contributed by atoms with Crippen LogP contribution in [0.4, 0.5) is 11.4 Å². The summed E-state index contributed by atoms with van der Waals surface area (Å²) in [6, 6.07) is 18.7. The highest BCUT2D eigenvalue weighted by atomic mass is 79.9. The van der Waals surface area contributed by atoms with Crippen LogP contribution in [0.2, 0.25) is 0 Å². The maximum absolute atomic E-state index is 6.13. The molecule has 0 spiro atoms. The number of para-hydroxylation sites is 1. The van der Waals surface area contributed by atoms with Crippen molar-refractivity contribution in [3.05, 3.63) is 75.8 Å². The molecule has 7 heteroatoms. The van der Waals surface area contributed by atoms with E-state index in [4.69, 9.17) is 14.6 Å². The first-order valence-electron chi connectivity index (χ1n) is 12.5. The standard InChI is InChI=1S/C26H30BrN3O2S.C3H8/c1-5-30-25-21(31-4)14-19(15-32-20-8-6-7-9-22(20)33-28)23(27)24(25)29-26(30)18-12-10-17(11-13-18)16(2)3;1-3-2/h6-14,16,26,29H,5,15,28H2,1-4H3;3H2,1-2H3. The lowest BCUT2D eigenvalue weighted by atomic mass is 10.0. The van der Waals surface area contributed by atoms with Crippen molar-refractivity contribution in [3.63, 3.8) is 0 Å². The van der Waals surface area contributed by atoms with E-state index in [0.29, 0.717) is 12.5 Å². The second-order valence-corrected chi connectivity index (χ2v) is 10.5. The van der Waals surface area contributed by atoms with Crippen LogP contribution in [0.25, 0.3) is 0 Å². The molecule has 0 aliphatic carbocycles. The first-order valence-corrected chi connectivity index (χ1v) is 14.2. The van der Waals surface area contributed by atoms with Crippen molar-refractivity contribution in [2.24, 2.45) is 5.14 Å². The highest BCUT2D eigenvalue weighted by molar-refractivity contribution is 9.10. The lowest BCUT2D eigenvalue weighted by molar-refractivity contribution is 0.297. The van der Waals surface area contributed by atoms with Crippen molar-refractivity contribution in [2.75, 3.05) is 23.9 Å². The highest BCUT2D eigenvalue weighted by Gasteiger charge is 2.34. The average Bonchev–Trinajstić information content (AvgIpc) is 3.29. The number of nitrogens with zero attached hydrogens (tertiary/aromatic N) is 1. The van der Waals surface area contributed by atoms with Gasteiger partial charge in [-0.25, -0.2) is 0 Å². The molecule has 3 aromatic carbocycles. The largest absolute Gasteiger partial charge is 0.494 e. The SMILES string of the molecule is CCC.CCN1c2c(OC)cc(COc3ccccc3SN)c(Br)c2NC1c1ccc(C(C)C)cc1. The van der Waals surface area contributed by atoms with Crippen LogP contribution in [-0.4, -0.2) is 13.7 Å². The number of ether oxygens (including phenoxy) is 2. The zero-order chi connectivity index (χ0) is 26.2. The van der Waals surface area contributed by atoms with E-state index < -0.39 is 0 Å². The predicted octanol–water partition coefficient (Wildman–Crippen LogP) is 8.49. The van der Waals surface area contributed by atoms with Crippen LogP contribution in [0.1, 0.15) is 69.8 Å². The molecule has 5 nitrogen and oxygen atoms in total. The van der Waals surface area contributed by atoms with E-state index in [2.05, 4.69) is 91.1 Å². The van der Waals surface area contributed by atoms with Crippen molar-refractivity contribution >= 4 is 39.3 Å². The predicted molar refractivity (Wildman–Crippen MR) is 157 cm³/mol. The smallest absolute Gasteiger partial charge is 0.144 e. The van der Waals surface area contributed by atoms with E-state index in [1.54, 1.807) is 7.11 Å². The molecule has 0 radical (unpaired) electrons. The third-order valence-corrected chi connectivity index (χ3v) is 7.49. The first-order chi connectivity index (χ1) is 17.4. The Morgan fingerprint density at radius 1 is 1.06 bits per heavy atom. The minimum atomic E-state index is 0.0296. The Morgan fingerprint density at radius 2 is 1.72 bits per heavy atom. The van der Waals surface area contributed by atoms with Crippen LogP contribution >= 0.6 is 27.9 Å². The number of fused-ring (bicyclic) bond motifs is 1. The fourth-order valence-corrected chi connectivity index (χ4v) is 5.12. The minimum absolute atomic E-state index is 0.0296. The number of hydrogen-bond acceptors (Lipinski definition) is 6. The number of hydrogen-bond donors (Lipinski definition) is 2. The number of methoxy groups -OCH3 is 1. The van der Waals surface area contributed by atoms with Gasteiger partial charge >= 0.3 is 0 Å². The molecule has 0 aromatic heterocycles. The van der Waals surface area contributed by atoms with Gasteiger partial charge in [-0.3, -0.25) is 5.14 Å². The maximum Gasteiger partial charge on any atom is 0.144 e. The molecule has 0 fully saturated rings. The molecule has 0 saturated carbocycles. The summed E-state index contributed by atoms with van der Waals surface area (Å²) in [7, 11) is 1.72. The van der Waals surface area contributed by atoms with Crippen molar-refractivity contribution in [1.82, 2.24) is 0 Å². The number of nitrogens with two attached hydrogens (primary N) is 1. The van der Waals surface area contributed by atoms with Gasteiger partial charge in [-0.1, -0.05) is 70.5 Å². The summed E-state index contributed by atoms with van der Waals surface area (Å²) < 4.78 is 12.9. The molecule has 1 aliphatic heterocycles. The third kappa shape index (κ3) is 6.13. The monoisotopic (exact) mass is 571 g/mol. The van der Waals surface area contributed by atoms with Gasteiger partial charge in [-0.05, 0) is 70.0 Å². The normalized spacial score (nSPS) is 14.1. The minimum Gasteiger partial charge on any atom is -0.494 e. The molecule has 0 saturated heterocycles. The molecule has 4 rings (SSSR count). The summed E-state index contributed by atoms with van der Waals surface area (Å²) in [5, 5.41) is 9.51. The number of nitrogens with one attached hydrogen (secondary N) is 1. The third-order valence-electron chi connectivity index (χ3n) is 6.00. The van der Waals surface area contributed by atoms with Crippen LogP contribution in [0, 0.1) is 0 Å². The van der Waals surface area contributed by atoms with Crippen molar-refractivity contribution < 1.29 is 9.47 Å². The van der Waals surface area contributed by atoms with Crippen LogP contribution in [0.15, 0.2) is 64.0 Å². The van der Waals surface area contributed by atoms with E-state index in [0.717, 1.165) is 44.4 Å².